The number of rotatable bonds is 2. The van der Waals surface area contributed by atoms with Crippen LogP contribution in [0.1, 0.15) is 16.7 Å². The maximum atomic E-state index is 11.7. The first-order valence-corrected chi connectivity index (χ1v) is 5.63. The maximum Gasteiger partial charge on any atom is 0.328 e. The van der Waals surface area contributed by atoms with E-state index in [9.17, 15) is 9.59 Å². The predicted molar refractivity (Wildman–Crippen MR) is 70.8 cm³/mol. The molecule has 2 rings (SSSR count). The van der Waals surface area contributed by atoms with Gasteiger partial charge in [0.15, 0.2) is 0 Å². The van der Waals surface area contributed by atoms with Crippen molar-refractivity contribution in [2.24, 2.45) is 0 Å². The summed E-state index contributed by atoms with van der Waals surface area (Å²) in [4.78, 5) is 25.2. The zero-order valence-electron chi connectivity index (χ0n) is 10.4. The molecule has 2 aromatic rings. The van der Waals surface area contributed by atoms with E-state index in [1.54, 1.807) is 13.1 Å². The van der Waals surface area contributed by atoms with Gasteiger partial charge in [0.25, 0.3) is 5.56 Å². The molecule has 0 fully saturated rings. The molecule has 94 valence electrons. The third-order valence-electron chi connectivity index (χ3n) is 3.02. The summed E-state index contributed by atoms with van der Waals surface area (Å²) >= 11 is 0. The summed E-state index contributed by atoms with van der Waals surface area (Å²) < 4.78 is 1.47. The molecule has 1 aromatic heterocycles. The van der Waals surface area contributed by atoms with Crippen LogP contribution in [-0.2, 0) is 6.54 Å². The van der Waals surface area contributed by atoms with Crippen molar-refractivity contribution in [3.8, 4) is 0 Å². The average molecular weight is 245 g/mol. The van der Waals surface area contributed by atoms with E-state index in [2.05, 4.69) is 4.98 Å². The molecule has 5 heteroatoms. The Labute approximate surface area is 104 Å². The van der Waals surface area contributed by atoms with Crippen LogP contribution in [0.15, 0.2) is 34.0 Å². The largest absolute Gasteiger partial charge is 0.399 e. The molecule has 0 aliphatic carbocycles. The molecule has 0 radical (unpaired) electrons. The lowest BCUT2D eigenvalue weighted by atomic mass is 10.1. The molecule has 0 aliphatic heterocycles. The van der Waals surface area contributed by atoms with Gasteiger partial charge in [-0.1, -0.05) is 12.1 Å². The van der Waals surface area contributed by atoms with E-state index in [1.165, 1.54) is 4.57 Å². The van der Waals surface area contributed by atoms with Crippen molar-refractivity contribution in [2.75, 3.05) is 5.73 Å². The molecule has 0 unspecified atom stereocenters. The number of H-pyrrole nitrogens is 1. The average Bonchev–Trinajstić information content (AvgIpc) is 2.32. The van der Waals surface area contributed by atoms with Crippen LogP contribution in [0.2, 0.25) is 0 Å². The maximum absolute atomic E-state index is 11.7. The van der Waals surface area contributed by atoms with Crippen molar-refractivity contribution < 1.29 is 0 Å². The summed E-state index contributed by atoms with van der Waals surface area (Å²) in [5, 5.41) is 0. The Morgan fingerprint density at radius 3 is 2.72 bits per heavy atom. The van der Waals surface area contributed by atoms with Gasteiger partial charge in [0.05, 0.1) is 6.54 Å². The Kier molecular flexibility index (Phi) is 3.06. The van der Waals surface area contributed by atoms with E-state index in [4.69, 9.17) is 5.73 Å². The van der Waals surface area contributed by atoms with Crippen LogP contribution in [0.5, 0.6) is 0 Å². The van der Waals surface area contributed by atoms with Gasteiger partial charge < -0.3 is 5.73 Å². The van der Waals surface area contributed by atoms with Crippen LogP contribution < -0.4 is 17.0 Å². The van der Waals surface area contributed by atoms with Crippen molar-refractivity contribution in [3.63, 3.8) is 0 Å². The molecule has 3 N–H and O–H groups in total. The fourth-order valence-corrected chi connectivity index (χ4v) is 1.79. The van der Waals surface area contributed by atoms with E-state index < -0.39 is 5.69 Å². The lowest BCUT2D eigenvalue weighted by Crippen LogP contribution is -2.31. The number of benzene rings is 1. The van der Waals surface area contributed by atoms with Crippen LogP contribution >= 0.6 is 0 Å². The molecule has 18 heavy (non-hydrogen) atoms. The predicted octanol–water partition coefficient (Wildman–Crippen LogP) is 0.784. The summed E-state index contributed by atoms with van der Waals surface area (Å²) in [5.74, 6) is 0. The zero-order chi connectivity index (χ0) is 13.3. The van der Waals surface area contributed by atoms with Gasteiger partial charge in [-0.3, -0.25) is 14.3 Å². The molecule has 0 saturated heterocycles. The Morgan fingerprint density at radius 1 is 1.28 bits per heavy atom. The smallest absolute Gasteiger partial charge is 0.328 e. The van der Waals surface area contributed by atoms with Crippen molar-refractivity contribution in [3.05, 3.63) is 61.9 Å². The number of aromatic nitrogens is 2. The molecule has 0 atom stereocenters. The number of hydrogen-bond donors (Lipinski definition) is 2. The van der Waals surface area contributed by atoms with Crippen LogP contribution in [-0.4, -0.2) is 9.55 Å². The third-order valence-corrected chi connectivity index (χ3v) is 3.02. The molecule has 0 saturated carbocycles. The highest BCUT2D eigenvalue weighted by atomic mass is 16.2. The molecular weight excluding hydrogens is 230 g/mol. The summed E-state index contributed by atoms with van der Waals surface area (Å²) in [6.07, 6.45) is 1.56. The minimum absolute atomic E-state index is 0.347. The lowest BCUT2D eigenvalue weighted by Gasteiger charge is -2.10. The first-order chi connectivity index (χ1) is 8.49. The van der Waals surface area contributed by atoms with Crippen molar-refractivity contribution in [2.45, 2.75) is 20.4 Å². The highest BCUT2D eigenvalue weighted by molar-refractivity contribution is 5.49. The number of nitrogens with two attached hydrogens (primary N) is 1. The second-order valence-corrected chi connectivity index (χ2v) is 4.33. The van der Waals surface area contributed by atoms with E-state index in [-0.39, 0.29) is 5.56 Å². The molecule has 0 amide bonds. The zero-order valence-corrected chi connectivity index (χ0v) is 10.4. The Hall–Kier alpha value is -2.30. The Morgan fingerprint density at radius 2 is 2.00 bits per heavy atom. The minimum atomic E-state index is -0.410. The van der Waals surface area contributed by atoms with Gasteiger partial charge in [-0.2, -0.15) is 0 Å². The van der Waals surface area contributed by atoms with Crippen LogP contribution in [0, 0.1) is 13.8 Å². The minimum Gasteiger partial charge on any atom is -0.399 e. The van der Waals surface area contributed by atoms with Gasteiger partial charge in [-0.05, 0) is 31.0 Å². The monoisotopic (exact) mass is 245 g/mol. The number of anilines is 1. The number of aryl methyl sites for hydroxylation is 1. The molecule has 1 aromatic carbocycles. The van der Waals surface area contributed by atoms with Crippen LogP contribution in [0.4, 0.5) is 5.69 Å². The normalized spacial score (nSPS) is 10.6. The van der Waals surface area contributed by atoms with Gasteiger partial charge >= 0.3 is 5.69 Å². The van der Waals surface area contributed by atoms with E-state index in [1.807, 2.05) is 25.1 Å². The van der Waals surface area contributed by atoms with E-state index in [0.29, 0.717) is 17.8 Å². The molecule has 5 nitrogen and oxygen atoms in total. The second kappa shape index (κ2) is 4.52. The summed E-state index contributed by atoms with van der Waals surface area (Å²) in [6, 6.07) is 5.58. The third kappa shape index (κ3) is 2.20. The van der Waals surface area contributed by atoms with Crippen molar-refractivity contribution in [1.29, 1.82) is 0 Å². The number of nitrogen functional groups attached to an aromatic ring is 1. The standard InChI is InChI=1S/C13H15N3O2/c1-8-6-16(13(18)15-12(8)17)7-10-4-3-5-11(14)9(10)2/h3-6H,7,14H2,1-2H3,(H,15,17,18). The second-order valence-electron chi connectivity index (χ2n) is 4.33. The topological polar surface area (TPSA) is 80.9 Å². The molecule has 0 bridgehead atoms. The molecular formula is C13H15N3O2. The van der Waals surface area contributed by atoms with Gasteiger partial charge in [0.2, 0.25) is 0 Å². The molecule has 0 aliphatic rings. The van der Waals surface area contributed by atoms with Gasteiger partial charge in [0, 0.05) is 17.4 Å². The Bertz CT molecular complexity index is 698. The fourth-order valence-electron chi connectivity index (χ4n) is 1.79. The highest BCUT2D eigenvalue weighted by Gasteiger charge is 2.05. The van der Waals surface area contributed by atoms with Gasteiger partial charge in [-0.25, -0.2) is 4.79 Å². The van der Waals surface area contributed by atoms with Crippen molar-refractivity contribution >= 4 is 5.69 Å². The van der Waals surface area contributed by atoms with E-state index >= 15 is 0 Å². The summed E-state index contributed by atoms with van der Waals surface area (Å²) in [5.41, 5.74) is 8.18. The van der Waals surface area contributed by atoms with Crippen LogP contribution in [0.25, 0.3) is 0 Å². The number of hydrogen-bond acceptors (Lipinski definition) is 3. The Balaban J connectivity index is 2.47. The number of nitrogens with one attached hydrogen (secondary N) is 1. The first-order valence-electron chi connectivity index (χ1n) is 5.63. The summed E-state index contributed by atoms with van der Waals surface area (Å²) in [6.45, 7) is 3.97. The number of aromatic amines is 1. The molecule has 1 heterocycles. The van der Waals surface area contributed by atoms with Gasteiger partial charge in [0.1, 0.15) is 0 Å². The lowest BCUT2D eigenvalue weighted by molar-refractivity contribution is 0.711. The number of nitrogens with zero attached hydrogens (tertiary/aromatic N) is 1. The van der Waals surface area contributed by atoms with Crippen LogP contribution in [0.3, 0.4) is 0 Å². The summed E-state index contributed by atoms with van der Waals surface area (Å²) in [7, 11) is 0. The van der Waals surface area contributed by atoms with E-state index in [0.717, 1.165) is 11.1 Å². The first kappa shape index (κ1) is 12.2. The fraction of sp³-hybridized carbons (Fsp3) is 0.231. The SMILES string of the molecule is Cc1c(N)cccc1Cn1cc(C)c(=O)[nH]c1=O. The van der Waals surface area contributed by atoms with Gasteiger partial charge in [-0.15, -0.1) is 0 Å². The highest BCUT2D eigenvalue weighted by Crippen LogP contribution is 2.15. The van der Waals surface area contributed by atoms with Crippen molar-refractivity contribution in [1.82, 2.24) is 9.55 Å². The molecule has 0 spiro atoms. The quantitative estimate of drug-likeness (QED) is 0.767.